The van der Waals surface area contributed by atoms with Crippen LogP contribution in [0.1, 0.15) is 30.1 Å². The van der Waals surface area contributed by atoms with Gasteiger partial charge in [0.2, 0.25) is 12.7 Å². The molecule has 1 atom stereocenters. The zero-order valence-electron chi connectivity index (χ0n) is 12.8. The molecule has 1 saturated heterocycles. The number of ether oxygens (including phenoxy) is 2. The van der Waals surface area contributed by atoms with E-state index in [0.29, 0.717) is 6.42 Å². The maximum absolute atomic E-state index is 12.7. The number of nitrogens with zero attached hydrogens (tertiary/aromatic N) is 2. The summed E-state index contributed by atoms with van der Waals surface area (Å²) in [6.07, 6.45) is 4.16. The summed E-state index contributed by atoms with van der Waals surface area (Å²) in [4.78, 5) is 19.1. The quantitative estimate of drug-likeness (QED) is 0.874. The van der Waals surface area contributed by atoms with Crippen molar-refractivity contribution in [1.29, 1.82) is 0 Å². The van der Waals surface area contributed by atoms with Gasteiger partial charge in [-0.2, -0.15) is 0 Å². The molecule has 2 aliphatic rings. The van der Waals surface area contributed by atoms with Gasteiger partial charge in [0.05, 0.1) is 18.2 Å². The first-order valence-electron chi connectivity index (χ1n) is 7.90. The van der Waals surface area contributed by atoms with Crippen molar-refractivity contribution in [2.75, 3.05) is 13.3 Å². The van der Waals surface area contributed by atoms with Crippen LogP contribution in [0.5, 0.6) is 11.5 Å². The average Bonchev–Trinajstić information content (AvgIpc) is 3.24. The minimum absolute atomic E-state index is 0.0951. The molecule has 0 saturated carbocycles. The van der Waals surface area contributed by atoms with Crippen LogP contribution in [0.3, 0.4) is 0 Å². The molecule has 2 aliphatic heterocycles. The summed E-state index contributed by atoms with van der Waals surface area (Å²) in [5, 5.41) is 0. The van der Waals surface area contributed by atoms with Crippen LogP contribution in [-0.4, -0.2) is 29.1 Å². The van der Waals surface area contributed by atoms with Gasteiger partial charge in [-0.3, -0.25) is 9.78 Å². The monoisotopic (exact) mass is 310 g/mol. The van der Waals surface area contributed by atoms with E-state index in [4.69, 9.17) is 9.47 Å². The molecule has 23 heavy (non-hydrogen) atoms. The second-order valence-corrected chi connectivity index (χ2v) is 5.86. The minimum atomic E-state index is 0.0951. The molecule has 0 radical (unpaired) electrons. The van der Waals surface area contributed by atoms with Crippen molar-refractivity contribution in [3.63, 3.8) is 0 Å². The number of fused-ring (bicyclic) bond motifs is 1. The predicted molar refractivity (Wildman–Crippen MR) is 84.2 cm³/mol. The Morgan fingerprint density at radius 2 is 2.13 bits per heavy atom. The van der Waals surface area contributed by atoms with E-state index < -0.39 is 0 Å². The number of aromatic nitrogens is 1. The highest BCUT2D eigenvalue weighted by Gasteiger charge is 2.30. The fraction of sp³-hybridized carbons (Fsp3) is 0.333. The van der Waals surface area contributed by atoms with Crippen LogP contribution >= 0.6 is 0 Å². The molecule has 1 amide bonds. The largest absolute Gasteiger partial charge is 0.454 e. The van der Waals surface area contributed by atoms with E-state index in [1.165, 1.54) is 0 Å². The van der Waals surface area contributed by atoms with Crippen molar-refractivity contribution >= 4 is 5.91 Å². The molecule has 3 heterocycles. The van der Waals surface area contributed by atoms with Gasteiger partial charge in [0.15, 0.2) is 11.5 Å². The molecule has 118 valence electrons. The van der Waals surface area contributed by atoms with Crippen molar-refractivity contribution in [2.45, 2.75) is 25.3 Å². The summed E-state index contributed by atoms with van der Waals surface area (Å²) in [5.74, 6) is 1.60. The Balaban J connectivity index is 1.50. The number of benzene rings is 1. The Hall–Kier alpha value is -2.56. The van der Waals surface area contributed by atoms with Gasteiger partial charge in [0.25, 0.3) is 0 Å². The number of carbonyl (C=O) groups excluding carboxylic acids is 1. The van der Waals surface area contributed by atoms with Crippen LogP contribution in [0.15, 0.2) is 42.6 Å². The first-order valence-corrected chi connectivity index (χ1v) is 7.90. The summed E-state index contributed by atoms with van der Waals surface area (Å²) >= 11 is 0. The molecular weight excluding hydrogens is 292 g/mol. The fourth-order valence-corrected chi connectivity index (χ4v) is 3.27. The number of rotatable bonds is 3. The number of likely N-dealkylation sites (tertiary alicyclic amines) is 1. The first-order chi connectivity index (χ1) is 11.3. The molecule has 0 bridgehead atoms. The van der Waals surface area contributed by atoms with Gasteiger partial charge in [-0.25, -0.2) is 0 Å². The van der Waals surface area contributed by atoms with Crippen molar-refractivity contribution in [3.05, 3.63) is 53.9 Å². The molecule has 5 heteroatoms. The lowest BCUT2D eigenvalue weighted by Gasteiger charge is -2.24. The van der Waals surface area contributed by atoms with Crippen LogP contribution < -0.4 is 9.47 Å². The van der Waals surface area contributed by atoms with Gasteiger partial charge in [0.1, 0.15) is 0 Å². The summed E-state index contributed by atoms with van der Waals surface area (Å²) in [6, 6.07) is 11.7. The highest BCUT2D eigenvalue weighted by molar-refractivity contribution is 5.79. The van der Waals surface area contributed by atoms with Crippen molar-refractivity contribution in [2.24, 2.45) is 0 Å². The summed E-state index contributed by atoms with van der Waals surface area (Å²) in [6.45, 7) is 1.05. The molecule has 1 fully saturated rings. The topological polar surface area (TPSA) is 51.7 Å². The SMILES string of the molecule is O=C(Cc1ccc2c(c1)OCO2)N1CCC[C@@H]1c1ccccn1. The number of hydrogen-bond donors (Lipinski definition) is 0. The van der Waals surface area contributed by atoms with E-state index in [-0.39, 0.29) is 18.7 Å². The molecule has 0 spiro atoms. The van der Waals surface area contributed by atoms with Crippen molar-refractivity contribution in [1.82, 2.24) is 9.88 Å². The highest BCUT2D eigenvalue weighted by atomic mass is 16.7. The van der Waals surface area contributed by atoms with Crippen LogP contribution in [0, 0.1) is 0 Å². The lowest BCUT2D eigenvalue weighted by atomic mass is 10.1. The predicted octanol–water partition coefficient (Wildman–Crippen LogP) is 2.72. The molecule has 1 aromatic heterocycles. The van der Waals surface area contributed by atoms with Gasteiger partial charge < -0.3 is 14.4 Å². The second-order valence-electron chi connectivity index (χ2n) is 5.86. The smallest absolute Gasteiger partial charge is 0.231 e. The van der Waals surface area contributed by atoms with E-state index in [9.17, 15) is 4.79 Å². The van der Waals surface area contributed by atoms with Crippen LogP contribution in [0.2, 0.25) is 0 Å². The van der Waals surface area contributed by atoms with Crippen LogP contribution in [0.25, 0.3) is 0 Å². The number of pyridine rings is 1. The van der Waals surface area contributed by atoms with E-state index >= 15 is 0 Å². The van der Waals surface area contributed by atoms with E-state index in [2.05, 4.69) is 4.98 Å². The highest BCUT2D eigenvalue weighted by Crippen LogP contribution is 2.34. The van der Waals surface area contributed by atoms with E-state index in [0.717, 1.165) is 42.1 Å². The zero-order valence-corrected chi connectivity index (χ0v) is 12.8. The summed E-state index contributed by atoms with van der Waals surface area (Å²) in [7, 11) is 0. The lowest BCUT2D eigenvalue weighted by molar-refractivity contribution is -0.131. The summed E-state index contributed by atoms with van der Waals surface area (Å²) < 4.78 is 10.7. The Kier molecular flexibility index (Phi) is 3.61. The maximum atomic E-state index is 12.7. The summed E-state index contributed by atoms with van der Waals surface area (Å²) in [5.41, 5.74) is 1.93. The first kappa shape index (κ1) is 14.1. The Morgan fingerprint density at radius 1 is 1.22 bits per heavy atom. The van der Waals surface area contributed by atoms with Gasteiger partial charge in [-0.15, -0.1) is 0 Å². The van der Waals surface area contributed by atoms with Gasteiger partial charge in [0, 0.05) is 12.7 Å². The Morgan fingerprint density at radius 3 is 3.00 bits per heavy atom. The molecule has 2 aromatic rings. The number of hydrogen-bond acceptors (Lipinski definition) is 4. The van der Waals surface area contributed by atoms with Gasteiger partial charge in [-0.05, 0) is 42.7 Å². The van der Waals surface area contributed by atoms with E-state index in [1.807, 2.05) is 41.3 Å². The van der Waals surface area contributed by atoms with Crippen molar-refractivity contribution in [3.8, 4) is 11.5 Å². The van der Waals surface area contributed by atoms with Gasteiger partial charge in [-0.1, -0.05) is 12.1 Å². The lowest BCUT2D eigenvalue weighted by Crippen LogP contribution is -2.32. The molecule has 1 aromatic carbocycles. The minimum Gasteiger partial charge on any atom is -0.454 e. The molecule has 0 N–H and O–H groups in total. The number of carbonyl (C=O) groups is 1. The van der Waals surface area contributed by atoms with E-state index in [1.54, 1.807) is 6.20 Å². The molecular formula is C18H18N2O3. The Labute approximate surface area is 134 Å². The number of amides is 1. The third-order valence-corrected chi connectivity index (χ3v) is 4.39. The maximum Gasteiger partial charge on any atom is 0.231 e. The molecule has 0 unspecified atom stereocenters. The molecule has 0 aliphatic carbocycles. The third-order valence-electron chi connectivity index (χ3n) is 4.39. The Bertz CT molecular complexity index is 717. The van der Waals surface area contributed by atoms with Crippen LogP contribution in [0.4, 0.5) is 0 Å². The molecule has 5 nitrogen and oxygen atoms in total. The second kappa shape index (κ2) is 5.91. The zero-order chi connectivity index (χ0) is 15.6. The normalized spacial score (nSPS) is 19.1. The fourth-order valence-electron chi connectivity index (χ4n) is 3.27. The average molecular weight is 310 g/mol. The van der Waals surface area contributed by atoms with Crippen LogP contribution in [-0.2, 0) is 11.2 Å². The third kappa shape index (κ3) is 2.74. The van der Waals surface area contributed by atoms with Gasteiger partial charge >= 0.3 is 0 Å². The standard InChI is InChI=1S/C18H18N2O3/c21-18(11-13-6-7-16-17(10-13)23-12-22-16)20-9-3-5-15(20)14-4-1-2-8-19-14/h1-2,4,6-8,10,15H,3,5,9,11-12H2/t15-/m1/s1. The molecule has 4 rings (SSSR count). The van der Waals surface area contributed by atoms with Crippen molar-refractivity contribution < 1.29 is 14.3 Å².